The Morgan fingerprint density at radius 3 is 2.35 bits per heavy atom. The number of methoxy groups -OCH3 is 1. The van der Waals surface area contributed by atoms with E-state index in [4.69, 9.17) is 4.74 Å². The summed E-state index contributed by atoms with van der Waals surface area (Å²) in [5.41, 5.74) is 2.12. The van der Waals surface area contributed by atoms with Gasteiger partial charge < -0.3 is 15.0 Å². The van der Waals surface area contributed by atoms with Crippen molar-refractivity contribution in [2.45, 2.75) is 44.9 Å². The van der Waals surface area contributed by atoms with E-state index < -0.39 is 15.9 Å². The van der Waals surface area contributed by atoms with Crippen molar-refractivity contribution in [2.24, 2.45) is 5.92 Å². The lowest BCUT2D eigenvalue weighted by Gasteiger charge is -2.22. The average molecular weight is 488 g/mol. The summed E-state index contributed by atoms with van der Waals surface area (Å²) in [4.78, 5) is 27.3. The summed E-state index contributed by atoms with van der Waals surface area (Å²) in [5.74, 6) is -0.401. The molecule has 0 unspecified atom stereocenters. The Balaban J connectivity index is 1.72. The van der Waals surface area contributed by atoms with E-state index in [9.17, 15) is 18.0 Å². The Morgan fingerprint density at radius 2 is 1.76 bits per heavy atom. The molecule has 34 heavy (non-hydrogen) atoms. The zero-order valence-corrected chi connectivity index (χ0v) is 21.0. The molecule has 0 aromatic heterocycles. The van der Waals surface area contributed by atoms with E-state index in [1.165, 1.54) is 28.4 Å². The van der Waals surface area contributed by atoms with Gasteiger partial charge in [0, 0.05) is 31.7 Å². The van der Waals surface area contributed by atoms with Gasteiger partial charge >= 0.3 is 0 Å². The van der Waals surface area contributed by atoms with Gasteiger partial charge in [0.1, 0.15) is 5.75 Å². The fourth-order valence-corrected chi connectivity index (χ4v) is 5.71. The second-order valence-electron chi connectivity index (χ2n) is 8.50. The quantitative estimate of drug-likeness (QED) is 0.550. The fraction of sp³-hybridized carbons (Fsp3) is 0.440. The summed E-state index contributed by atoms with van der Waals surface area (Å²) in [6, 6.07) is 11.8. The highest BCUT2D eigenvalue weighted by atomic mass is 32.2. The molecule has 9 heteroatoms. The Hall–Kier alpha value is -2.91. The first kappa shape index (κ1) is 25.7. The first-order valence-electron chi connectivity index (χ1n) is 11.6. The van der Waals surface area contributed by atoms with Crippen molar-refractivity contribution in [3.05, 3.63) is 48.0 Å². The van der Waals surface area contributed by atoms with Gasteiger partial charge in [-0.25, -0.2) is 8.42 Å². The molecule has 1 atom stereocenters. The smallest absolute Gasteiger partial charge is 0.243 e. The number of amides is 2. The van der Waals surface area contributed by atoms with E-state index in [0.717, 1.165) is 18.4 Å². The second kappa shape index (κ2) is 11.0. The number of benzene rings is 2. The molecule has 0 spiro atoms. The fourth-order valence-electron chi connectivity index (χ4n) is 4.09. The predicted octanol–water partition coefficient (Wildman–Crippen LogP) is 3.81. The molecule has 1 aliphatic heterocycles. The van der Waals surface area contributed by atoms with Gasteiger partial charge in [-0.2, -0.15) is 4.31 Å². The maximum Gasteiger partial charge on any atom is 0.243 e. The molecule has 1 N–H and O–H groups in total. The van der Waals surface area contributed by atoms with Crippen LogP contribution in [-0.2, 0) is 19.6 Å². The summed E-state index contributed by atoms with van der Waals surface area (Å²) >= 11 is 0. The molecule has 0 aliphatic carbocycles. The highest BCUT2D eigenvalue weighted by Gasteiger charge is 2.35. The normalized spacial score (nSPS) is 16.2. The number of aryl methyl sites for hydroxylation is 1. The van der Waals surface area contributed by atoms with E-state index in [1.54, 1.807) is 18.2 Å². The number of carbonyl (C=O) groups excluding carboxylic acids is 2. The summed E-state index contributed by atoms with van der Waals surface area (Å²) in [6.45, 7) is 6.96. The lowest BCUT2D eigenvalue weighted by molar-refractivity contribution is -0.122. The minimum Gasteiger partial charge on any atom is -0.495 e. The Labute approximate surface area is 201 Å². The maximum absolute atomic E-state index is 13.0. The molecular formula is C25H33N3O5S. The summed E-state index contributed by atoms with van der Waals surface area (Å²) in [7, 11) is -2.06. The molecule has 2 aromatic rings. The molecule has 1 aliphatic rings. The highest BCUT2D eigenvalue weighted by molar-refractivity contribution is 7.89. The minimum atomic E-state index is -3.59. The summed E-state index contributed by atoms with van der Waals surface area (Å²) in [5, 5.41) is 2.87. The number of hydrogen-bond donors (Lipinski definition) is 1. The standard InChI is InChI=1S/C25H33N3O5S/c1-5-13-27(14-6-2)34(31,32)21-10-8-20(9-11-21)28-17-19(16-24(28)29)25(30)26-22-15-18(3)7-12-23(22)33-4/h7-12,15,19H,5-6,13-14,16-17H2,1-4H3,(H,26,30)/t19-/m0/s1. The lowest BCUT2D eigenvalue weighted by Crippen LogP contribution is -2.32. The number of carbonyl (C=O) groups is 2. The SMILES string of the molecule is CCCN(CCC)S(=O)(=O)c1ccc(N2C[C@@H](C(=O)Nc3cc(C)ccc3OC)CC2=O)cc1. The Kier molecular flexibility index (Phi) is 8.33. The first-order chi connectivity index (χ1) is 16.2. The largest absolute Gasteiger partial charge is 0.495 e. The van der Waals surface area contributed by atoms with Crippen LogP contribution in [0.2, 0.25) is 0 Å². The molecule has 0 bridgehead atoms. The molecule has 184 valence electrons. The predicted molar refractivity (Wildman–Crippen MR) is 133 cm³/mol. The van der Waals surface area contributed by atoms with Crippen LogP contribution in [0.25, 0.3) is 0 Å². The van der Waals surface area contributed by atoms with Crippen LogP contribution in [0.15, 0.2) is 47.4 Å². The molecule has 1 fully saturated rings. The van der Waals surface area contributed by atoms with Gasteiger partial charge in [-0.3, -0.25) is 9.59 Å². The van der Waals surface area contributed by atoms with Crippen LogP contribution < -0.4 is 15.0 Å². The zero-order chi connectivity index (χ0) is 24.9. The average Bonchev–Trinajstić information content (AvgIpc) is 3.21. The van der Waals surface area contributed by atoms with Gasteiger partial charge in [0.2, 0.25) is 21.8 Å². The van der Waals surface area contributed by atoms with Gasteiger partial charge in [-0.1, -0.05) is 19.9 Å². The zero-order valence-electron chi connectivity index (χ0n) is 20.2. The third-order valence-corrected chi connectivity index (χ3v) is 7.75. The van der Waals surface area contributed by atoms with Gasteiger partial charge in [0.05, 0.1) is 23.6 Å². The van der Waals surface area contributed by atoms with Crippen molar-refractivity contribution in [1.29, 1.82) is 0 Å². The van der Waals surface area contributed by atoms with Crippen LogP contribution >= 0.6 is 0 Å². The molecular weight excluding hydrogens is 454 g/mol. The van der Waals surface area contributed by atoms with Crippen molar-refractivity contribution in [3.8, 4) is 5.75 Å². The van der Waals surface area contributed by atoms with Gasteiger partial charge in [-0.05, 0) is 61.7 Å². The third kappa shape index (κ3) is 5.59. The molecule has 2 aromatic carbocycles. The van der Waals surface area contributed by atoms with Gasteiger partial charge in [0.15, 0.2) is 0 Å². The lowest BCUT2D eigenvalue weighted by atomic mass is 10.1. The van der Waals surface area contributed by atoms with Gasteiger partial charge in [-0.15, -0.1) is 0 Å². The van der Waals surface area contributed by atoms with Gasteiger partial charge in [0.25, 0.3) is 0 Å². The number of nitrogens with one attached hydrogen (secondary N) is 1. The monoisotopic (exact) mass is 487 g/mol. The van der Waals surface area contributed by atoms with Crippen molar-refractivity contribution in [3.63, 3.8) is 0 Å². The Bertz CT molecular complexity index is 1130. The van der Waals surface area contributed by atoms with Crippen molar-refractivity contribution < 1.29 is 22.7 Å². The molecule has 0 radical (unpaired) electrons. The highest BCUT2D eigenvalue weighted by Crippen LogP contribution is 2.30. The molecule has 3 rings (SSSR count). The molecule has 1 heterocycles. The summed E-state index contributed by atoms with van der Waals surface area (Å²) in [6.07, 6.45) is 1.55. The molecule has 8 nitrogen and oxygen atoms in total. The number of anilines is 2. The number of rotatable bonds is 10. The van der Waals surface area contributed by atoms with Crippen LogP contribution in [-0.4, -0.2) is 51.3 Å². The van der Waals surface area contributed by atoms with Crippen LogP contribution in [0.4, 0.5) is 11.4 Å². The van der Waals surface area contributed by atoms with E-state index in [-0.39, 0.29) is 29.7 Å². The summed E-state index contributed by atoms with van der Waals surface area (Å²) < 4.78 is 32.8. The molecule has 0 saturated carbocycles. The third-order valence-electron chi connectivity index (χ3n) is 5.84. The van der Waals surface area contributed by atoms with E-state index in [0.29, 0.717) is 30.2 Å². The number of hydrogen-bond acceptors (Lipinski definition) is 5. The van der Waals surface area contributed by atoms with Crippen molar-refractivity contribution in [1.82, 2.24) is 4.31 Å². The van der Waals surface area contributed by atoms with E-state index in [1.807, 2.05) is 32.9 Å². The van der Waals surface area contributed by atoms with Crippen LogP contribution in [0.1, 0.15) is 38.7 Å². The first-order valence-corrected chi connectivity index (χ1v) is 13.0. The number of sulfonamides is 1. The van der Waals surface area contributed by atoms with Crippen LogP contribution in [0.5, 0.6) is 5.75 Å². The minimum absolute atomic E-state index is 0.0841. The van der Waals surface area contributed by atoms with Crippen molar-refractivity contribution >= 4 is 33.2 Å². The molecule has 1 saturated heterocycles. The van der Waals surface area contributed by atoms with Crippen LogP contribution in [0, 0.1) is 12.8 Å². The van der Waals surface area contributed by atoms with E-state index in [2.05, 4.69) is 5.32 Å². The van der Waals surface area contributed by atoms with Crippen LogP contribution in [0.3, 0.4) is 0 Å². The number of ether oxygens (including phenoxy) is 1. The van der Waals surface area contributed by atoms with Crippen molar-refractivity contribution in [2.75, 3.05) is 37.0 Å². The molecule has 2 amide bonds. The number of nitrogens with zero attached hydrogens (tertiary/aromatic N) is 2. The second-order valence-corrected chi connectivity index (χ2v) is 10.4. The Morgan fingerprint density at radius 1 is 1.12 bits per heavy atom. The topological polar surface area (TPSA) is 96.0 Å². The maximum atomic E-state index is 13.0. The van der Waals surface area contributed by atoms with E-state index >= 15 is 0 Å².